The van der Waals surface area contributed by atoms with E-state index in [-0.39, 0.29) is 5.41 Å². The van der Waals surface area contributed by atoms with Crippen molar-refractivity contribution in [2.24, 2.45) is 11.1 Å². The molecule has 1 rings (SSSR count). The van der Waals surface area contributed by atoms with Crippen molar-refractivity contribution in [3.8, 4) is 0 Å². The number of nitrogens with one attached hydrogen (secondary N) is 1. The van der Waals surface area contributed by atoms with E-state index in [4.69, 9.17) is 17.3 Å². The molecular weight excluding hydrogens is 228 g/mol. The van der Waals surface area contributed by atoms with Gasteiger partial charge in [0, 0.05) is 18.0 Å². The van der Waals surface area contributed by atoms with Gasteiger partial charge in [-0.1, -0.05) is 25.4 Å². The van der Waals surface area contributed by atoms with Gasteiger partial charge in [0.1, 0.15) is 0 Å². The molecule has 1 aromatic heterocycles. The zero-order valence-electron chi connectivity index (χ0n) is 9.35. The maximum Gasteiger partial charge on any atom is 0.0931 e. The Balaban J connectivity index is 2.27. The smallest absolute Gasteiger partial charge is 0.0931 e. The van der Waals surface area contributed by atoms with Gasteiger partial charge in [-0.15, -0.1) is 11.3 Å². The van der Waals surface area contributed by atoms with E-state index >= 15 is 0 Å². The summed E-state index contributed by atoms with van der Waals surface area (Å²) in [4.78, 5) is 1.28. The third-order valence-corrected chi connectivity index (χ3v) is 3.58. The van der Waals surface area contributed by atoms with Crippen LogP contribution in [-0.2, 0) is 6.54 Å². The summed E-state index contributed by atoms with van der Waals surface area (Å²) in [6.07, 6.45) is 1.05. The minimum Gasteiger partial charge on any atom is -0.330 e. The van der Waals surface area contributed by atoms with Gasteiger partial charge in [0.05, 0.1) is 4.34 Å². The number of halogens is 1. The molecule has 0 spiro atoms. The topological polar surface area (TPSA) is 38.0 Å². The SMILES string of the molecule is CC(C)(CCN)CNCc1ccc(Cl)s1. The molecule has 2 nitrogen and oxygen atoms in total. The summed E-state index contributed by atoms with van der Waals surface area (Å²) in [6, 6.07) is 4.00. The zero-order valence-corrected chi connectivity index (χ0v) is 10.9. The summed E-state index contributed by atoms with van der Waals surface area (Å²) < 4.78 is 0.855. The normalized spacial score (nSPS) is 12.0. The van der Waals surface area contributed by atoms with Crippen LogP contribution in [-0.4, -0.2) is 13.1 Å². The first-order valence-electron chi connectivity index (χ1n) is 5.18. The summed E-state index contributed by atoms with van der Waals surface area (Å²) in [5.74, 6) is 0. The fourth-order valence-corrected chi connectivity index (χ4v) is 2.51. The molecular formula is C11H19ClN2S. The van der Waals surface area contributed by atoms with Gasteiger partial charge in [-0.3, -0.25) is 0 Å². The third-order valence-electron chi connectivity index (χ3n) is 2.35. The van der Waals surface area contributed by atoms with Crippen LogP contribution < -0.4 is 11.1 Å². The Morgan fingerprint density at radius 3 is 2.73 bits per heavy atom. The number of hydrogen-bond donors (Lipinski definition) is 2. The van der Waals surface area contributed by atoms with Crippen molar-refractivity contribution >= 4 is 22.9 Å². The van der Waals surface area contributed by atoms with E-state index < -0.39 is 0 Å². The van der Waals surface area contributed by atoms with Gasteiger partial charge in [-0.2, -0.15) is 0 Å². The summed E-state index contributed by atoms with van der Waals surface area (Å²) in [5.41, 5.74) is 5.83. The van der Waals surface area contributed by atoms with E-state index in [0.717, 1.165) is 30.4 Å². The predicted octanol–water partition coefficient (Wildman–Crippen LogP) is 2.87. The van der Waals surface area contributed by atoms with Gasteiger partial charge in [-0.25, -0.2) is 0 Å². The summed E-state index contributed by atoms with van der Waals surface area (Å²) >= 11 is 7.48. The Morgan fingerprint density at radius 1 is 1.47 bits per heavy atom. The van der Waals surface area contributed by atoms with Crippen LogP contribution in [0.2, 0.25) is 4.34 Å². The van der Waals surface area contributed by atoms with E-state index in [0.29, 0.717) is 0 Å². The molecule has 15 heavy (non-hydrogen) atoms. The van der Waals surface area contributed by atoms with E-state index in [2.05, 4.69) is 25.2 Å². The molecule has 0 bridgehead atoms. The average molecular weight is 247 g/mol. The third kappa shape index (κ3) is 4.98. The molecule has 1 heterocycles. The zero-order chi connectivity index (χ0) is 11.3. The molecule has 0 atom stereocenters. The van der Waals surface area contributed by atoms with Crippen LogP contribution in [0.5, 0.6) is 0 Å². The molecule has 1 aromatic rings. The lowest BCUT2D eigenvalue weighted by molar-refractivity contribution is 0.319. The van der Waals surface area contributed by atoms with Crippen LogP contribution in [0.3, 0.4) is 0 Å². The first-order valence-corrected chi connectivity index (χ1v) is 6.38. The Kier molecular flexibility index (Phi) is 5.06. The average Bonchev–Trinajstić information content (AvgIpc) is 2.51. The van der Waals surface area contributed by atoms with Crippen molar-refractivity contribution in [2.45, 2.75) is 26.8 Å². The second-order valence-electron chi connectivity index (χ2n) is 4.51. The number of thiophene rings is 1. The van der Waals surface area contributed by atoms with Crippen molar-refractivity contribution in [3.63, 3.8) is 0 Å². The molecule has 0 amide bonds. The lowest BCUT2D eigenvalue weighted by atomic mass is 9.89. The van der Waals surface area contributed by atoms with Crippen molar-refractivity contribution < 1.29 is 0 Å². The highest BCUT2D eigenvalue weighted by atomic mass is 35.5. The van der Waals surface area contributed by atoms with Crippen molar-refractivity contribution in [2.75, 3.05) is 13.1 Å². The Labute approximate surface area is 101 Å². The maximum absolute atomic E-state index is 5.85. The highest BCUT2D eigenvalue weighted by molar-refractivity contribution is 7.16. The fraction of sp³-hybridized carbons (Fsp3) is 0.636. The molecule has 0 unspecified atom stereocenters. The van der Waals surface area contributed by atoms with Gasteiger partial charge in [0.2, 0.25) is 0 Å². The van der Waals surface area contributed by atoms with E-state index in [9.17, 15) is 0 Å². The van der Waals surface area contributed by atoms with Crippen LogP contribution >= 0.6 is 22.9 Å². The number of nitrogens with two attached hydrogens (primary N) is 1. The van der Waals surface area contributed by atoms with E-state index in [1.54, 1.807) is 11.3 Å². The predicted molar refractivity (Wildman–Crippen MR) is 68.5 cm³/mol. The molecule has 0 fully saturated rings. The second kappa shape index (κ2) is 5.85. The molecule has 0 saturated carbocycles. The quantitative estimate of drug-likeness (QED) is 0.810. The number of hydrogen-bond acceptors (Lipinski definition) is 3. The van der Waals surface area contributed by atoms with Crippen LogP contribution in [0.25, 0.3) is 0 Å². The van der Waals surface area contributed by atoms with Crippen LogP contribution in [0.1, 0.15) is 25.1 Å². The summed E-state index contributed by atoms with van der Waals surface area (Å²) in [5, 5.41) is 3.44. The van der Waals surface area contributed by atoms with E-state index in [1.165, 1.54) is 4.88 Å². The van der Waals surface area contributed by atoms with Crippen molar-refractivity contribution in [1.82, 2.24) is 5.32 Å². The minimum atomic E-state index is 0.274. The molecule has 0 aliphatic carbocycles. The highest BCUT2D eigenvalue weighted by Gasteiger charge is 2.15. The van der Waals surface area contributed by atoms with Gasteiger partial charge in [0.15, 0.2) is 0 Å². The molecule has 0 aromatic carbocycles. The van der Waals surface area contributed by atoms with Gasteiger partial charge < -0.3 is 11.1 Å². The molecule has 0 aliphatic heterocycles. The lowest BCUT2D eigenvalue weighted by Gasteiger charge is -2.24. The molecule has 86 valence electrons. The summed E-state index contributed by atoms with van der Waals surface area (Å²) in [6.45, 7) is 7.09. The van der Waals surface area contributed by atoms with Crippen LogP contribution in [0.4, 0.5) is 0 Å². The van der Waals surface area contributed by atoms with Gasteiger partial charge in [0.25, 0.3) is 0 Å². The fourth-order valence-electron chi connectivity index (χ4n) is 1.45. The molecule has 0 saturated heterocycles. The van der Waals surface area contributed by atoms with E-state index in [1.807, 2.05) is 6.07 Å². The monoisotopic (exact) mass is 246 g/mol. The molecule has 0 aliphatic rings. The minimum absolute atomic E-state index is 0.274. The Morgan fingerprint density at radius 2 is 2.20 bits per heavy atom. The van der Waals surface area contributed by atoms with Gasteiger partial charge >= 0.3 is 0 Å². The first kappa shape index (κ1) is 13.0. The summed E-state index contributed by atoms with van der Waals surface area (Å²) in [7, 11) is 0. The second-order valence-corrected chi connectivity index (χ2v) is 6.31. The first-order chi connectivity index (χ1) is 7.03. The van der Waals surface area contributed by atoms with Gasteiger partial charge in [-0.05, 0) is 30.5 Å². The molecule has 3 N–H and O–H groups in total. The Bertz CT molecular complexity index is 297. The Hall–Kier alpha value is -0.0900. The van der Waals surface area contributed by atoms with Crippen LogP contribution in [0, 0.1) is 5.41 Å². The highest BCUT2D eigenvalue weighted by Crippen LogP contribution is 2.22. The van der Waals surface area contributed by atoms with Crippen molar-refractivity contribution in [3.05, 3.63) is 21.3 Å². The van der Waals surface area contributed by atoms with Crippen LogP contribution in [0.15, 0.2) is 12.1 Å². The molecule has 0 radical (unpaired) electrons. The number of rotatable bonds is 6. The lowest BCUT2D eigenvalue weighted by Crippen LogP contribution is -2.30. The largest absolute Gasteiger partial charge is 0.330 e. The maximum atomic E-state index is 5.85. The van der Waals surface area contributed by atoms with Crippen molar-refractivity contribution in [1.29, 1.82) is 0 Å². The standard InChI is InChI=1S/C11H19ClN2S/c1-11(2,5-6-13)8-14-7-9-3-4-10(12)15-9/h3-4,14H,5-8,13H2,1-2H3. The molecule has 4 heteroatoms.